The maximum absolute atomic E-state index is 5.27. The molecule has 0 aliphatic heterocycles. The molecule has 18 heavy (non-hydrogen) atoms. The van der Waals surface area contributed by atoms with Crippen LogP contribution in [0.15, 0.2) is 0 Å². The van der Waals surface area contributed by atoms with Crippen molar-refractivity contribution >= 4 is 0 Å². The minimum absolute atomic E-state index is 0.331. The van der Waals surface area contributed by atoms with E-state index in [9.17, 15) is 0 Å². The third kappa shape index (κ3) is 3.82. The maximum atomic E-state index is 5.27. The van der Waals surface area contributed by atoms with Crippen molar-refractivity contribution in [3.63, 3.8) is 0 Å². The fourth-order valence-corrected chi connectivity index (χ4v) is 2.36. The molecule has 0 aromatic carbocycles. The van der Waals surface area contributed by atoms with E-state index in [1.165, 1.54) is 11.3 Å². The summed E-state index contributed by atoms with van der Waals surface area (Å²) in [7, 11) is 1.75. The molecule has 1 N–H and O–H groups in total. The summed E-state index contributed by atoms with van der Waals surface area (Å²) >= 11 is 0. The van der Waals surface area contributed by atoms with Gasteiger partial charge in [0.25, 0.3) is 0 Å². The van der Waals surface area contributed by atoms with Gasteiger partial charge in [0.05, 0.1) is 24.9 Å². The Hall–Kier alpha value is -0.870. The van der Waals surface area contributed by atoms with Gasteiger partial charge in [-0.05, 0) is 38.8 Å². The zero-order valence-corrected chi connectivity index (χ0v) is 12.4. The van der Waals surface area contributed by atoms with Crippen LogP contribution >= 0.6 is 0 Å². The number of aryl methyl sites for hydroxylation is 1. The lowest BCUT2D eigenvalue weighted by Crippen LogP contribution is -2.38. The first kappa shape index (κ1) is 15.2. The second-order valence-electron chi connectivity index (χ2n) is 4.79. The average Bonchev–Trinajstić information content (AvgIpc) is 2.61. The molecule has 104 valence electrons. The minimum atomic E-state index is 0.331. The van der Waals surface area contributed by atoms with Crippen LogP contribution in [-0.4, -0.2) is 36.1 Å². The largest absolute Gasteiger partial charge is 0.383 e. The number of aromatic nitrogens is 2. The highest BCUT2D eigenvalue weighted by Crippen LogP contribution is 2.13. The second kappa shape index (κ2) is 7.54. The molecule has 4 heteroatoms. The summed E-state index contributed by atoms with van der Waals surface area (Å²) in [6.07, 6.45) is 2.19. The maximum Gasteiger partial charge on any atom is 0.0633 e. The van der Waals surface area contributed by atoms with Crippen LogP contribution in [0.5, 0.6) is 0 Å². The molecule has 0 saturated heterocycles. The molecule has 0 aliphatic carbocycles. The van der Waals surface area contributed by atoms with Gasteiger partial charge in [0, 0.05) is 12.8 Å². The van der Waals surface area contributed by atoms with Gasteiger partial charge < -0.3 is 10.1 Å². The summed E-state index contributed by atoms with van der Waals surface area (Å²) in [5.74, 6) is 0. The monoisotopic (exact) mass is 253 g/mol. The lowest BCUT2D eigenvalue weighted by Gasteiger charge is -2.18. The van der Waals surface area contributed by atoms with Gasteiger partial charge in [-0.1, -0.05) is 13.8 Å². The van der Waals surface area contributed by atoms with Crippen LogP contribution in [0.1, 0.15) is 37.2 Å². The smallest absolute Gasteiger partial charge is 0.0633 e. The van der Waals surface area contributed by atoms with E-state index >= 15 is 0 Å². The summed E-state index contributed by atoms with van der Waals surface area (Å²) in [4.78, 5) is 0. The van der Waals surface area contributed by atoms with Gasteiger partial charge in [0.15, 0.2) is 0 Å². The van der Waals surface area contributed by atoms with Crippen molar-refractivity contribution in [1.82, 2.24) is 15.1 Å². The van der Waals surface area contributed by atoms with Crippen LogP contribution in [0.2, 0.25) is 0 Å². The third-order valence-electron chi connectivity index (χ3n) is 3.33. The van der Waals surface area contributed by atoms with Gasteiger partial charge in [-0.25, -0.2) is 0 Å². The van der Waals surface area contributed by atoms with Gasteiger partial charge in [-0.2, -0.15) is 5.10 Å². The van der Waals surface area contributed by atoms with Crippen LogP contribution in [0.25, 0.3) is 0 Å². The van der Waals surface area contributed by atoms with E-state index in [1.54, 1.807) is 7.11 Å². The van der Waals surface area contributed by atoms with Gasteiger partial charge in [-0.3, -0.25) is 4.68 Å². The Labute approximate surface area is 111 Å². The van der Waals surface area contributed by atoms with Crippen LogP contribution < -0.4 is 5.32 Å². The summed E-state index contributed by atoms with van der Waals surface area (Å²) in [6, 6.07) is 0.331. The van der Waals surface area contributed by atoms with Gasteiger partial charge >= 0.3 is 0 Å². The molecule has 0 fully saturated rings. The molecule has 0 amide bonds. The van der Waals surface area contributed by atoms with Crippen molar-refractivity contribution in [3.05, 3.63) is 17.0 Å². The van der Waals surface area contributed by atoms with Crippen LogP contribution in [0.4, 0.5) is 0 Å². The van der Waals surface area contributed by atoms with Crippen molar-refractivity contribution < 1.29 is 4.74 Å². The molecule has 0 bridgehead atoms. The fourth-order valence-electron chi connectivity index (χ4n) is 2.36. The molecule has 1 rings (SSSR count). The summed E-state index contributed by atoms with van der Waals surface area (Å²) in [6.45, 7) is 11.2. The molecular weight excluding hydrogens is 226 g/mol. The topological polar surface area (TPSA) is 39.1 Å². The predicted octanol–water partition coefficient (Wildman–Crippen LogP) is 2.08. The van der Waals surface area contributed by atoms with Crippen molar-refractivity contribution in [2.24, 2.45) is 0 Å². The molecule has 0 aliphatic rings. The fraction of sp³-hybridized carbons (Fsp3) is 0.786. The standard InChI is InChI=1S/C14H27N3O/c1-6-8-15-13(10-18-5)9-17-12(4)14(7-2)11(3)16-17/h13,15H,6-10H2,1-5H3. The first-order chi connectivity index (χ1) is 8.63. The van der Waals surface area contributed by atoms with E-state index in [2.05, 4.69) is 42.8 Å². The number of hydrogen-bond acceptors (Lipinski definition) is 3. The number of rotatable bonds is 8. The van der Waals surface area contributed by atoms with Crippen LogP contribution in [-0.2, 0) is 17.7 Å². The first-order valence-corrected chi connectivity index (χ1v) is 6.89. The quantitative estimate of drug-likeness (QED) is 0.771. The number of methoxy groups -OCH3 is 1. The number of nitrogens with one attached hydrogen (secondary N) is 1. The molecular formula is C14H27N3O. The van der Waals surface area contributed by atoms with E-state index in [0.29, 0.717) is 6.04 Å². The van der Waals surface area contributed by atoms with Crippen molar-refractivity contribution in [1.29, 1.82) is 0 Å². The van der Waals surface area contributed by atoms with E-state index in [-0.39, 0.29) is 0 Å². The van der Waals surface area contributed by atoms with E-state index in [1.807, 2.05) is 0 Å². The highest BCUT2D eigenvalue weighted by molar-refractivity contribution is 5.24. The molecule has 1 aromatic heterocycles. The molecule has 4 nitrogen and oxygen atoms in total. The van der Waals surface area contributed by atoms with Crippen LogP contribution in [0.3, 0.4) is 0 Å². The molecule has 1 unspecified atom stereocenters. The first-order valence-electron chi connectivity index (χ1n) is 6.89. The normalized spacial score (nSPS) is 12.9. The Morgan fingerprint density at radius 2 is 2.06 bits per heavy atom. The molecule has 0 radical (unpaired) electrons. The number of nitrogens with zero attached hydrogens (tertiary/aromatic N) is 2. The zero-order valence-electron chi connectivity index (χ0n) is 12.4. The zero-order chi connectivity index (χ0) is 13.5. The van der Waals surface area contributed by atoms with E-state index in [0.717, 1.165) is 38.2 Å². The second-order valence-corrected chi connectivity index (χ2v) is 4.79. The van der Waals surface area contributed by atoms with Crippen molar-refractivity contribution in [3.8, 4) is 0 Å². The van der Waals surface area contributed by atoms with Crippen molar-refractivity contribution in [2.75, 3.05) is 20.3 Å². The lowest BCUT2D eigenvalue weighted by molar-refractivity contribution is 0.156. The average molecular weight is 253 g/mol. The molecule has 1 heterocycles. The Balaban J connectivity index is 2.73. The Morgan fingerprint density at radius 1 is 1.33 bits per heavy atom. The molecule has 1 aromatic rings. The van der Waals surface area contributed by atoms with E-state index in [4.69, 9.17) is 4.74 Å². The van der Waals surface area contributed by atoms with Gasteiger partial charge in [0.2, 0.25) is 0 Å². The van der Waals surface area contributed by atoms with E-state index < -0.39 is 0 Å². The Bertz CT molecular complexity index is 360. The minimum Gasteiger partial charge on any atom is -0.383 e. The SMILES string of the molecule is CCCNC(COC)Cn1nc(C)c(CC)c1C. The summed E-state index contributed by atoms with van der Waals surface area (Å²) in [5.41, 5.74) is 3.82. The molecule has 0 saturated carbocycles. The Kier molecular flexibility index (Phi) is 6.36. The van der Waals surface area contributed by atoms with Gasteiger partial charge in [-0.15, -0.1) is 0 Å². The molecule has 1 atom stereocenters. The number of ether oxygens (including phenoxy) is 1. The Morgan fingerprint density at radius 3 is 2.56 bits per heavy atom. The molecule has 0 spiro atoms. The summed E-state index contributed by atoms with van der Waals surface area (Å²) in [5, 5.41) is 8.14. The third-order valence-corrected chi connectivity index (χ3v) is 3.33. The van der Waals surface area contributed by atoms with Crippen LogP contribution in [0, 0.1) is 13.8 Å². The number of hydrogen-bond donors (Lipinski definition) is 1. The lowest BCUT2D eigenvalue weighted by atomic mass is 10.1. The highest BCUT2D eigenvalue weighted by atomic mass is 16.5. The van der Waals surface area contributed by atoms with Gasteiger partial charge in [0.1, 0.15) is 0 Å². The highest BCUT2D eigenvalue weighted by Gasteiger charge is 2.14. The predicted molar refractivity (Wildman–Crippen MR) is 75.0 cm³/mol. The summed E-state index contributed by atoms with van der Waals surface area (Å²) < 4.78 is 7.38. The van der Waals surface area contributed by atoms with Crippen molar-refractivity contribution in [2.45, 2.75) is 53.1 Å².